The molecule has 0 radical (unpaired) electrons. The number of nitrogens with one attached hydrogen (secondary N) is 2. The van der Waals surface area contributed by atoms with Crippen LogP contribution in [0, 0.1) is 11.7 Å². The van der Waals surface area contributed by atoms with Crippen LogP contribution in [0.1, 0.15) is 43.4 Å². The van der Waals surface area contributed by atoms with E-state index in [0.717, 1.165) is 23.3 Å². The fourth-order valence-corrected chi connectivity index (χ4v) is 3.66. The van der Waals surface area contributed by atoms with Crippen LogP contribution < -0.4 is 5.32 Å². The van der Waals surface area contributed by atoms with Gasteiger partial charge in [-0.1, -0.05) is 12.1 Å². The van der Waals surface area contributed by atoms with Gasteiger partial charge in [-0.05, 0) is 43.5 Å². The molecule has 7 heteroatoms. The largest absolute Gasteiger partial charge is 0.438 e. The highest BCUT2D eigenvalue weighted by Gasteiger charge is 2.42. The Labute approximate surface area is 160 Å². The summed E-state index contributed by atoms with van der Waals surface area (Å²) in [5.74, 6) is 1.47. The number of carbonyl (C=O) groups is 1. The molecule has 2 aromatic carbocycles. The van der Waals surface area contributed by atoms with Gasteiger partial charge >= 0.3 is 0 Å². The van der Waals surface area contributed by atoms with Crippen molar-refractivity contribution in [2.75, 3.05) is 0 Å². The first kappa shape index (κ1) is 16.9. The average molecular weight is 378 g/mol. The molecule has 2 N–H and O–H groups in total. The van der Waals surface area contributed by atoms with Crippen LogP contribution in [-0.4, -0.2) is 20.9 Å². The van der Waals surface area contributed by atoms with Crippen molar-refractivity contribution in [3.8, 4) is 0 Å². The first-order chi connectivity index (χ1) is 13.6. The molecule has 1 aliphatic carbocycles. The Morgan fingerprint density at radius 2 is 2.14 bits per heavy atom. The summed E-state index contributed by atoms with van der Waals surface area (Å²) in [5.41, 5.74) is 2.93. The van der Waals surface area contributed by atoms with Gasteiger partial charge in [0.15, 0.2) is 5.58 Å². The molecule has 1 aliphatic rings. The number of rotatable bonds is 5. The Morgan fingerprint density at radius 1 is 1.29 bits per heavy atom. The molecule has 5 rings (SSSR count). The summed E-state index contributed by atoms with van der Waals surface area (Å²) in [6.07, 6.45) is 1.38. The van der Waals surface area contributed by atoms with Gasteiger partial charge in [0, 0.05) is 18.4 Å². The van der Waals surface area contributed by atoms with Crippen LogP contribution >= 0.6 is 0 Å². The minimum absolute atomic E-state index is 0.0513. The number of carbonyl (C=O) groups excluding carboxylic acids is 1. The standard InChI is InChI=1S/C21H19FN4O2/c1-11(21-26-17-7-6-13(22)10-18(17)28-21)23-19(27)9-12-8-14(12)20-24-15-4-2-3-5-16(15)25-20/h2-7,10-12,14H,8-9H2,1H3,(H,23,27)(H,24,25)/t11-,12+,14+/m1/s1. The van der Waals surface area contributed by atoms with Crippen molar-refractivity contribution >= 4 is 28.0 Å². The van der Waals surface area contributed by atoms with Gasteiger partial charge in [0.25, 0.3) is 0 Å². The lowest BCUT2D eigenvalue weighted by Gasteiger charge is -2.10. The van der Waals surface area contributed by atoms with E-state index < -0.39 is 0 Å². The Hall–Kier alpha value is -3.22. The molecule has 142 valence electrons. The molecule has 0 spiro atoms. The minimum atomic E-state index is -0.383. The second-order valence-electron chi connectivity index (χ2n) is 7.40. The summed E-state index contributed by atoms with van der Waals surface area (Å²) in [4.78, 5) is 24.7. The zero-order valence-corrected chi connectivity index (χ0v) is 15.3. The molecule has 1 amide bonds. The summed E-state index contributed by atoms with van der Waals surface area (Å²) < 4.78 is 18.9. The first-order valence-electron chi connectivity index (χ1n) is 9.37. The molecule has 0 aliphatic heterocycles. The SMILES string of the molecule is C[C@@H](NC(=O)C[C@@H]1C[C@@H]1c1nc2ccccc2[nH]1)c1nc2ccc(F)cc2o1. The fourth-order valence-electron chi connectivity index (χ4n) is 3.66. The van der Waals surface area contributed by atoms with Crippen LogP contribution in [0.2, 0.25) is 0 Å². The summed E-state index contributed by atoms with van der Waals surface area (Å²) >= 11 is 0. The predicted octanol–water partition coefficient (Wildman–Crippen LogP) is 4.21. The van der Waals surface area contributed by atoms with Gasteiger partial charge in [-0.15, -0.1) is 0 Å². The van der Waals surface area contributed by atoms with Crippen molar-refractivity contribution in [3.05, 3.63) is 60.0 Å². The number of H-pyrrole nitrogens is 1. The number of imidazole rings is 1. The van der Waals surface area contributed by atoms with Crippen molar-refractivity contribution in [3.63, 3.8) is 0 Å². The molecule has 3 atom stereocenters. The number of aromatic nitrogens is 3. The molecular weight excluding hydrogens is 359 g/mol. The van der Waals surface area contributed by atoms with Gasteiger partial charge in [0.2, 0.25) is 11.8 Å². The molecule has 2 heterocycles. The van der Waals surface area contributed by atoms with E-state index in [-0.39, 0.29) is 23.7 Å². The zero-order valence-electron chi connectivity index (χ0n) is 15.3. The lowest BCUT2D eigenvalue weighted by molar-refractivity contribution is -0.122. The molecule has 1 fully saturated rings. The van der Waals surface area contributed by atoms with E-state index in [1.165, 1.54) is 12.1 Å². The maximum atomic E-state index is 13.3. The zero-order chi connectivity index (χ0) is 19.3. The van der Waals surface area contributed by atoms with Crippen LogP contribution in [0.25, 0.3) is 22.1 Å². The highest BCUT2D eigenvalue weighted by atomic mass is 19.1. The van der Waals surface area contributed by atoms with Crippen LogP contribution in [-0.2, 0) is 4.79 Å². The lowest BCUT2D eigenvalue weighted by atomic mass is 10.2. The molecule has 28 heavy (non-hydrogen) atoms. The highest BCUT2D eigenvalue weighted by molar-refractivity contribution is 5.78. The van der Waals surface area contributed by atoms with Crippen LogP contribution in [0.5, 0.6) is 0 Å². The Kier molecular flexibility index (Phi) is 3.89. The van der Waals surface area contributed by atoms with Gasteiger partial charge in [0.1, 0.15) is 23.2 Å². The number of hydrogen-bond acceptors (Lipinski definition) is 4. The Morgan fingerprint density at radius 3 is 3.00 bits per heavy atom. The van der Waals surface area contributed by atoms with Crippen LogP contribution in [0.3, 0.4) is 0 Å². The van der Waals surface area contributed by atoms with E-state index in [1.54, 1.807) is 6.07 Å². The molecular formula is C21H19FN4O2. The van der Waals surface area contributed by atoms with E-state index in [0.29, 0.717) is 29.3 Å². The second kappa shape index (κ2) is 6.44. The van der Waals surface area contributed by atoms with E-state index >= 15 is 0 Å². The summed E-state index contributed by atoms with van der Waals surface area (Å²) in [6, 6.07) is 11.7. The quantitative estimate of drug-likeness (QED) is 0.545. The number of nitrogens with zero attached hydrogens (tertiary/aromatic N) is 2. The number of halogens is 1. The monoisotopic (exact) mass is 378 g/mol. The maximum Gasteiger partial charge on any atom is 0.220 e. The fraction of sp³-hybridized carbons (Fsp3) is 0.286. The van der Waals surface area contributed by atoms with Gasteiger partial charge < -0.3 is 14.7 Å². The predicted molar refractivity (Wildman–Crippen MR) is 102 cm³/mol. The smallest absolute Gasteiger partial charge is 0.220 e. The highest BCUT2D eigenvalue weighted by Crippen LogP contribution is 2.48. The van der Waals surface area contributed by atoms with Crippen molar-refractivity contribution in [2.45, 2.75) is 31.7 Å². The molecule has 4 aromatic rings. The summed E-state index contributed by atoms with van der Waals surface area (Å²) in [6.45, 7) is 1.81. The molecule has 0 saturated heterocycles. The van der Waals surface area contributed by atoms with E-state index in [1.807, 2.05) is 31.2 Å². The minimum Gasteiger partial charge on any atom is -0.438 e. The lowest BCUT2D eigenvalue weighted by Crippen LogP contribution is -2.27. The molecule has 1 saturated carbocycles. The normalized spacial score (nSPS) is 19.8. The number of aromatic amines is 1. The topological polar surface area (TPSA) is 83.8 Å². The Balaban J connectivity index is 1.21. The average Bonchev–Trinajstić information content (AvgIpc) is 3.12. The number of fused-ring (bicyclic) bond motifs is 2. The number of amides is 1. The number of benzene rings is 2. The van der Waals surface area contributed by atoms with E-state index in [4.69, 9.17) is 4.42 Å². The third-order valence-corrected chi connectivity index (χ3v) is 5.24. The molecule has 0 unspecified atom stereocenters. The number of hydrogen-bond donors (Lipinski definition) is 2. The van der Waals surface area contributed by atoms with Gasteiger partial charge in [-0.25, -0.2) is 14.4 Å². The van der Waals surface area contributed by atoms with Gasteiger partial charge in [-0.2, -0.15) is 0 Å². The van der Waals surface area contributed by atoms with E-state index in [2.05, 4.69) is 20.3 Å². The van der Waals surface area contributed by atoms with Crippen molar-refractivity contribution in [1.29, 1.82) is 0 Å². The molecule has 0 bridgehead atoms. The third kappa shape index (κ3) is 3.13. The summed E-state index contributed by atoms with van der Waals surface area (Å²) in [5, 5.41) is 2.92. The third-order valence-electron chi connectivity index (χ3n) is 5.24. The van der Waals surface area contributed by atoms with Crippen LogP contribution in [0.4, 0.5) is 4.39 Å². The van der Waals surface area contributed by atoms with Crippen LogP contribution in [0.15, 0.2) is 46.9 Å². The summed E-state index contributed by atoms with van der Waals surface area (Å²) in [7, 11) is 0. The van der Waals surface area contributed by atoms with E-state index in [9.17, 15) is 9.18 Å². The van der Waals surface area contributed by atoms with Gasteiger partial charge in [0.05, 0.1) is 11.0 Å². The second-order valence-corrected chi connectivity index (χ2v) is 7.40. The number of para-hydroxylation sites is 2. The van der Waals surface area contributed by atoms with Crippen molar-refractivity contribution in [2.24, 2.45) is 5.92 Å². The molecule has 6 nitrogen and oxygen atoms in total. The number of oxazole rings is 1. The van der Waals surface area contributed by atoms with Crippen molar-refractivity contribution in [1.82, 2.24) is 20.3 Å². The Bertz CT molecular complexity index is 1150. The van der Waals surface area contributed by atoms with Crippen molar-refractivity contribution < 1.29 is 13.6 Å². The maximum absolute atomic E-state index is 13.3. The molecule has 2 aromatic heterocycles. The van der Waals surface area contributed by atoms with Gasteiger partial charge in [-0.3, -0.25) is 4.79 Å². The first-order valence-corrected chi connectivity index (χ1v) is 9.37.